The average molecular weight is 300 g/mol. The number of nitrogens with one attached hydrogen (secondary N) is 1. The molecular weight excluding hydrogens is 277 g/mol. The molecule has 0 bridgehead atoms. The van der Waals surface area contributed by atoms with Gasteiger partial charge in [0, 0.05) is 0 Å². The first-order valence-corrected chi connectivity index (χ1v) is 8.01. The number of hydrogen-bond acceptors (Lipinski definition) is 1. The van der Waals surface area contributed by atoms with Gasteiger partial charge in [-0.05, 0) is 55.8 Å². The first-order chi connectivity index (χ1) is 9.17. The third-order valence-corrected chi connectivity index (χ3v) is 5.36. The second kappa shape index (κ2) is 6.97. The molecule has 0 radical (unpaired) electrons. The molecular formula is C16H23Cl2N. The van der Waals surface area contributed by atoms with Crippen molar-refractivity contribution in [3.05, 3.63) is 33.8 Å². The predicted molar refractivity (Wildman–Crippen MR) is 84.3 cm³/mol. The van der Waals surface area contributed by atoms with Crippen molar-refractivity contribution in [2.24, 2.45) is 11.8 Å². The smallest absolute Gasteiger partial charge is 0.0627 e. The Morgan fingerprint density at radius 3 is 2.74 bits per heavy atom. The maximum Gasteiger partial charge on any atom is 0.0627 e. The Morgan fingerprint density at radius 2 is 2.05 bits per heavy atom. The van der Waals surface area contributed by atoms with Gasteiger partial charge in [-0.15, -0.1) is 0 Å². The van der Waals surface area contributed by atoms with Crippen molar-refractivity contribution < 1.29 is 0 Å². The minimum absolute atomic E-state index is 0.539. The fraction of sp³-hybridized carbons (Fsp3) is 0.625. The van der Waals surface area contributed by atoms with Gasteiger partial charge < -0.3 is 5.32 Å². The molecule has 1 aromatic carbocycles. The molecule has 0 spiro atoms. The summed E-state index contributed by atoms with van der Waals surface area (Å²) in [7, 11) is 2.03. The fourth-order valence-corrected chi connectivity index (χ4v) is 3.83. The molecule has 0 aliphatic heterocycles. The summed E-state index contributed by atoms with van der Waals surface area (Å²) in [5, 5.41) is 4.77. The van der Waals surface area contributed by atoms with E-state index in [0.29, 0.717) is 16.9 Å². The van der Waals surface area contributed by atoms with E-state index < -0.39 is 0 Å². The Morgan fingerprint density at radius 1 is 1.26 bits per heavy atom. The molecule has 1 aromatic rings. The molecule has 1 saturated carbocycles. The van der Waals surface area contributed by atoms with Crippen molar-refractivity contribution in [2.75, 3.05) is 13.6 Å². The van der Waals surface area contributed by atoms with E-state index in [-0.39, 0.29) is 0 Å². The van der Waals surface area contributed by atoms with E-state index >= 15 is 0 Å². The SMILES string of the molecule is CCC1CCC(CNC)C(c2cccc(Cl)c2Cl)C1. The van der Waals surface area contributed by atoms with Gasteiger partial charge in [0.1, 0.15) is 0 Å². The lowest BCUT2D eigenvalue weighted by atomic mass is 9.70. The van der Waals surface area contributed by atoms with E-state index in [2.05, 4.69) is 18.3 Å². The highest BCUT2D eigenvalue weighted by Crippen LogP contribution is 2.44. The van der Waals surface area contributed by atoms with Crippen LogP contribution in [-0.4, -0.2) is 13.6 Å². The highest BCUT2D eigenvalue weighted by molar-refractivity contribution is 6.42. The molecule has 3 heteroatoms. The van der Waals surface area contributed by atoms with Crippen LogP contribution in [0.3, 0.4) is 0 Å². The van der Waals surface area contributed by atoms with Gasteiger partial charge in [0.15, 0.2) is 0 Å². The van der Waals surface area contributed by atoms with Gasteiger partial charge in [0.05, 0.1) is 10.0 Å². The van der Waals surface area contributed by atoms with Crippen LogP contribution in [0.25, 0.3) is 0 Å². The molecule has 0 amide bonds. The summed E-state index contributed by atoms with van der Waals surface area (Å²) in [5.74, 6) is 2.04. The Balaban J connectivity index is 2.27. The maximum absolute atomic E-state index is 6.43. The van der Waals surface area contributed by atoms with Crippen LogP contribution in [0.1, 0.15) is 44.1 Å². The summed E-state index contributed by atoms with van der Waals surface area (Å²) < 4.78 is 0. The molecule has 0 saturated heterocycles. The molecule has 1 aliphatic rings. The van der Waals surface area contributed by atoms with Gasteiger partial charge in [-0.2, -0.15) is 0 Å². The van der Waals surface area contributed by atoms with E-state index in [9.17, 15) is 0 Å². The molecule has 1 nitrogen and oxygen atoms in total. The van der Waals surface area contributed by atoms with Crippen molar-refractivity contribution in [3.8, 4) is 0 Å². The minimum atomic E-state index is 0.539. The van der Waals surface area contributed by atoms with Gasteiger partial charge in [-0.1, -0.05) is 55.1 Å². The molecule has 106 valence electrons. The predicted octanol–water partition coefficient (Wildman–Crippen LogP) is 5.12. The monoisotopic (exact) mass is 299 g/mol. The van der Waals surface area contributed by atoms with Crippen molar-refractivity contribution in [2.45, 2.75) is 38.5 Å². The first kappa shape index (κ1) is 15.2. The Labute approximate surface area is 126 Å². The summed E-state index contributed by atoms with van der Waals surface area (Å²) in [4.78, 5) is 0. The molecule has 19 heavy (non-hydrogen) atoms. The van der Waals surface area contributed by atoms with Crippen molar-refractivity contribution >= 4 is 23.2 Å². The zero-order valence-corrected chi connectivity index (χ0v) is 13.3. The summed E-state index contributed by atoms with van der Waals surface area (Å²) in [6.07, 6.45) is 5.13. The minimum Gasteiger partial charge on any atom is -0.319 e. The van der Waals surface area contributed by atoms with Crippen LogP contribution >= 0.6 is 23.2 Å². The summed E-state index contributed by atoms with van der Waals surface area (Å²) in [6.45, 7) is 3.35. The zero-order chi connectivity index (χ0) is 13.8. The van der Waals surface area contributed by atoms with Crippen molar-refractivity contribution in [3.63, 3.8) is 0 Å². The third kappa shape index (κ3) is 3.45. The van der Waals surface area contributed by atoms with E-state index in [1.54, 1.807) is 0 Å². The van der Waals surface area contributed by atoms with Crippen LogP contribution < -0.4 is 5.32 Å². The summed E-state index contributed by atoms with van der Waals surface area (Å²) in [6, 6.07) is 6.05. The fourth-order valence-electron chi connectivity index (χ4n) is 3.39. The van der Waals surface area contributed by atoms with Crippen molar-refractivity contribution in [1.29, 1.82) is 0 Å². The van der Waals surface area contributed by atoms with Crippen LogP contribution in [0.2, 0.25) is 10.0 Å². The maximum atomic E-state index is 6.43. The van der Waals surface area contributed by atoms with Crippen molar-refractivity contribution in [1.82, 2.24) is 5.32 Å². The highest BCUT2D eigenvalue weighted by atomic mass is 35.5. The van der Waals surface area contributed by atoms with E-state index in [1.165, 1.54) is 31.2 Å². The highest BCUT2D eigenvalue weighted by Gasteiger charge is 2.31. The van der Waals surface area contributed by atoms with E-state index in [0.717, 1.165) is 17.5 Å². The molecule has 0 heterocycles. The molecule has 0 aromatic heterocycles. The normalized spacial score (nSPS) is 27.5. The van der Waals surface area contributed by atoms with Crippen LogP contribution in [0.4, 0.5) is 0 Å². The summed E-state index contributed by atoms with van der Waals surface area (Å²) >= 11 is 12.6. The van der Waals surface area contributed by atoms with E-state index in [4.69, 9.17) is 23.2 Å². The van der Waals surface area contributed by atoms with Gasteiger partial charge in [-0.25, -0.2) is 0 Å². The summed E-state index contributed by atoms with van der Waals surface area (Å²) in [5.41, 5.74) is 1.24. The standard InChI is InChI=1S/C16H23Cl2N/c1-3-11-7-8-12(10-19-2)14(9-11)13-5-4-6-15(17)16(13)18/h4-6,11-12,14,19H,3,7-10H2,1-2H3. The van der Waals surface area contributed by atoms with Gasteiger partial charge in [0.25, 0.3) is 0 Å². The Bertz CT molecular complexity index is 419. The molecule has 1 fully saturated rings. The average Bonchev–Trinajstić information content (AvgIpc) is 2.43. The second-order valence-electron chi connectivity index (χ2n) is 5.65. The number of halogens is 2. The van der Waals surface area contributed by atoms with Crippen LogP contribution in [0.15, 0.2) is 18.2 Å². The van der Waals surface area contributed by atoms with Gasteiger partial charge >= 0.3 is 0 Å². The van der Waals surface area contributed by atoms with Gasteiger partial charge in [0.2, 0.25) is 0 Å². The second-order valence-corrected chi connectivity index (χ2v) is 6.44. The lowest BCUT2D eigenvalue weighted by Crippen LogP contribution is -2.30. The number of benzene rings is 1. The Kier molecular flexibility index (Phi) is 5.56. The first-order valence-electron chi connectivity index (χ1n) is 7.25. The van der Waals surface area contributed by atoms with Crippen LogP contribution in [-0.2, 0) is 0 Å². The molecule has 2 rings (SSSR count). The Hall–Kier alpha value is -0.240. The number of rotatable bonds is 4. The quantitative estimate of drug-likeness (QED) is 0.813. The molecule has 3 unspecified atom stereocenters. The lowest BCUT2D eigenvalue weighted by Gasteiger charge is -2.36. The molecule has 1 N–H and O–H groups in total. The van der Waals surface area contributed by atoms with Crippen LogP contribution in [0.5, 0.6) is 0 Å². The third-order valence-electron chi connectivity index (χ3n) is 4.53. The van der Waals surface area contributed by atoms with Gasteiger partial charge in [-0.3, -0.25) is 0 Å². The number of hydrogen-bond donors (Lipinski definition) is 1. The molecule has 1 aliphatic carbocycles. The van der Waals surface area contributed by atoms with E-state index in [1.807, 2.05) is 19.2 Å². The lowest BCUT2D eigenvalue weighted by molar-refractivity contribution is 0.228. The zero-order valence-electron chi connectivity index (χ0n) is 11.8. The molecule has 3 atom stereocenters. The van der Waals surface area contributed by atoms with Crippen LogP contribution in [0, 0.1) is 11.8 Å². The topological polar surface area (TPSA) is 12.0 Å². The largest absolute Gasteiger partial charge is 0.319 e.